The lowest BCUT2D eigenvalue weighted by Gasteiger charge is -2.34. The highest BCUT2D eigenvalue weighted by atomic mass is 16.5. The zero-order chi connectivity index (χ0) is 12.1. The number of nitrogens with one attached hydrogen (secondary N) is 1. The molecule has 1 aliphatic rings. The minimum Gasteiger partial charge on any atom is -0.480 e. The average Bonchev–Trinajstić information content (AvgIpc) is 2.14. The number of aliphatic carboxylic acids is 1. The molecular weight excluding hydrogens is 210 g/mol. The summed E-state index contributed by atoms with van der Waals surface area (Å²) in [7, 11) is 0. The van der Waals surface area contributed by atoms with E-state index in [9.17, 15) is 9.59 Å². The number of amides is 1. The third-order valence-electron chi connectivity index (χ3n) is 2.82. The highest BCUT2D eigenvalue weighted by Gasteiger charge is 2.31. The van der Waals surface area contributed by atoms with Crippen molar-refractivity contribution in [3.63, 3.8) is 0 Å². The molecule has 5 nitrogen and oxygen atoms in total. The third kappa shape index (κ3) is 3.81. The van der Waals surface area contributed by atoms with Gasteiger partial charge in [-0.1, -0.05) is 0 Å². The number of hydrogen-bond acceptors (Lipinski definition) is 3. The molecule has 1 saturated carbocycles. The minimum atomic E-state index is -1.01. The Labute approximate surface area is 95.2 Å². The molecule has 0 bridgehead atoms. The number of carboxylic acids is 1. The fraction of sp³-hybridized carbons (Fsp3) is 0.818. The molecule has 0 aliphatic heterocycles. The summed E-state index contributed by atoms with van der Waals surface area (Å²) < 4.78 is 5.38. The van der Waals surface area contributed by atoms with Crippen molar-refractivity contribution in [2.24, 2.45) is 5.92 Å². The molecule has 16 heavy (non-hydrogen) atoms. The number of carbonyl (C=O) groups is 2. The molecule has 0 aromatic heterocycles. The van der Waals surface area contributed by atoms with Crippen LogP contribution in [-0.4, -0.2) is 35.7 Å². The highest BCUT2D eigenvalue weighted by Crippen LogP contribution is 2.32. The first-order valence-corrected chi connectivity index (χ1v) is 5.66. The number of rotatable bonds is 6. The van der Waals surface area contributed by atoms with Crippen LogP contribution >= 0.6 is 0 Å². The first-order valence-electron chi connectivity index (χ1n) is 5.66. The summed E-state index contributed by atoms with van der Waals surface area (Å²) in [6, 6.07) is -0.810. The van der Waals surface area contributed by atoms with E-state index in [1.165, 1.54) is 6.92 Å². The van der Waals surface area contributed by atoms with Crippen molar-refractivity contribution >= 4 is 11.9 Å². The summed E-state index contributed by atoms with van der Waals surface area (Å²) in [5, 5.41) is 11.1. The van der Waals surface area contributed by atoms with Gasteiger partial charge in [-0.2, -0.15) is 0 Å². The Balaban J connectivity index is 2.15. The van der Waals surface area contributed by atoms with E-state index in [2.05, 4.69) is 5.32 Å². The van der Waals surface area contributed by atoms with E-state index in [4.69, 9.17) is 9.84 Å². The normalized spacial score (nSPS) is 25.6. The third-order valence-corrected chi connectivity index (χ3v) is 2.82. The predicted molar refractivity (Wildman–Crippen MR) is 58.0 cm³/mol. The quantitative estimate of drug-likeness (QED) is 0.705. The molecule has 1 atom stereocenters. The summed E-state index contributed by atoms with van der Waals surface area (Å²) in [6.07, 6.45) is 2.51. The van der Waals surface area contributed by atoms with E-state index in [0.717, 1.165) is 12.8 Å². The second-order valence-electron chi connectivity index (χ2n) is 4.25. The van der Waals surface area contributed by atoms with Crippen molar-refractivity contribution in [2.75, 3.05) is 6.61 Å². The fourth-order valence-corrected chi connectivity index (χ4v) is 1.84. The summed E-state index contributed by atoms with van der Waals surface area (Å²) in [4.78, 5) is 21.9. The summed E-state index contributed by atoms with van der Waals surface area (Å²) >= 11 is 0. The molecule has 1 fully saturated rings. The molecular formula is C11H19NO4. The van der Waals surface area contributed by atoms with Crippen LogP contribution in [0.4, 0.5) is 0 Å². The minimum absolute atomic E-state index is 0.185. The van der Waals surface area contributed by atoms with Crippen LogP contribution in [-0.2, 0) is 14.3 Å². The zero-order valence-corrected chi connectivity index (χ0v) is 9.73. The van der Waals surface area contributed by atoms with Gasteiger partial charge in [0.15, 0.2) is 0 Å². The van der Waals surface area contributed by atoms with Gasteiger partial charge >= 0.3 is 5.97 Å². The van der Waals surface area contributed by atoms with Crippen molar-refractivity contribution in [2.45, 2.75) is 45.3 Å². The fourth-order valence-electron chi connectivity index (χ4n) is 1.84. The molecule has 1 unspecified atom stereocenters. The van der Waals surface area contributed by atoms with Crippen molar-refractivity contribution in [3.05, 3.63) is 0 Å². The van der Waals surface area contributed by atoms with Crippen molar-refractivity contribution < 1.29 is 19.4 Å². The summed E-state index contributed by atoms with van der Waals surface area (Å²) in [6.45, 7) is 4.12. The van der Waals surface area contributed by atoms with Crippen LogP contribution in [0.25, 0.3) is 0 Å². The van der Waals surface area contributed by atoms with Gasteiger partial charge in [-0.15, -0.1) is 0 Å². The van der Waals surface area contributed by atoms with Crippen molar-refractivity contribution in [3.8, 4) is 0 Å². The van der Waals surface area contributed by atoms with E-state index in [1.807, 2.05) is 6.92 Å². The molecule has 1 aliphatic carbocycles. The Morgan fingerprint density at radius 2 is 2.12 bits per heavy atom. The van der Waals surface area contributed by atoms with Crippen LogP contribution in [0, 0.1) is 5.92 Å². The first-order chi connectivity index (χ1) is 7.52. The maximum absolute atomic E-state index is 11.4. The lowest BCUT2D eigenvalue weighted by Crippen LogP contribution is -2.41. The van der Waals surface area contributed by atoms with Crippen LogP contribution in [0.3, 0.4) is 0 Å². The van der Waals surface area contributed by atoms with Crippen LogP contribution in [0.1, 0.15) is 33.1 Å². The van der Waals surface area contributed by atoms with Crippen molar-refractivity contribution in [1.82, 2.24) is 5.32 Å². The van der Waals surface area contributed by atoms with Gasteiger partial charge in [0, 0.05) is 13.0 Å². The number of carbonyl (C=O) groups excluding carboxylic acids is 1. The van der Waals surface area contributed by atoms with E-state index in [1.54, 1.807) is 0 Å². The standard InChI is InChI=1S/C11H19NO4/c1-3-16-9-4-8(5-9)6-10(13)12-7(2)11(14)15/h7-9H,3-6H2,1-2H3,(H,12,13)(H,14,15). The monoisotopic (exact) mass is 229 g/mol. The molecule has 0 aromatic rings. The number of hydrogen-bond donors (Lipinski definition) is 2. The largest absolute Gasteiger partial charge is 0.480 e. The lowest BCUT2D eigenvalue weighted by molar-refractivity contribution is -0.141. The smallest absolute Gasteiger partial charge is 0.325 e. The second-order valence-corrected chi connectivity index (χ2v) is 4.25. The molecule has 0 saturated heterocycles. The van der Waals surface area contributed by atoms with Crippen LogP contribution in [0.2, 0.25) is 0 Å². The summed E-state index contributed by atoms with van der Waals surface area (Å²) in [5.74, 6) is -0.846. The Hall–Kier alpha value is -1.10. The van der Waals surface area contributed by atoms with E-state index >= 15 is 0 Å². The predicted octanol–water partition coefficient (Wildman–Crippen LogP) is 0.781. The Bertz CT molecular complexity index is 261. The van der Waals surface area contributed by atoms with E-state index < -0.39 is 12.0 Å². The maximum atomic E-state index is 11.4. The summed E-state index contributed by atoms with van der Waals surface area (Å²) in [5.41, 5.74) is 0. The number of ether oxygens (including phenoxy) is 1. The molecule has 0 heterocycles. The van der Waals surface area contributed by atoms with Gasteiger partial charge in [-0.25, -0.2) is 0 Å². The molecule has 92 valence electrons. The molecule has 1 rings (SSSR count). The average molecular weight is 229 g/mol. The molecule has 5 heteroatoms. The van der Waals surface area contributed by atoms with Crippen LogP contribution < -0.4 is 5.32 Å². The molecule has 0 radical (unpaired) electrons. The lowest BCUT2D eigenvalue weighted by atomic mass is 9.80. The molecule has 1 amide bonds. The number of carboxylic acid groups (broad SMARTS) is 1. The van der Waals surface area contributed by atoms with Gasteiger partial charge in [-0.3, -0.25) is 9.59 Å². The van der Waals surface area contributed by atoms with E-state index in [-0.39, 0.29) is 5.91 Å². The van der Waals surface area contributed by atoms with Gasteiger partial charge in [0.25, 0.3) is 0 Å². The van der Waals surface area contributed by atoms with Gasteiger partial charge in [0.1, 0.15) is 6.04 Å². The molecule has 0 spiro atoms. The molecule has 2 N–H and O–H groups in total. The topological polar surface area (TPSA) is 75.6 Å². The zero-order valence-electron chi connectivity index (χ0n) is 9.73. The second kappa shape index (κ2) is 5.84. The Morgan fingerprint density at radius 1 is 1.50 bits per heavy atom. The SMILES string of the molecule is CCOC1CC(CC(=O)NC(C)C(=O)O)C1. The Kier molecular flexibility index (Phi) is 4.73. The highest BCUT2D eigenvalue weighted by molar-refractivity contribution is 5.83. The van der Waals surface area contributed by atoms with Gasteiger partial charge in [0.2, 0.25) is 5.91 Å². The van der Waals surface area contributed by atoms with E-state index in [0.29, 0.717) is 25.0 Å². The van der Waals surface area contributed by atoms with Crippen LogP contribution in [0.15, 0.2) is 0 Å². The first kappa shape index (κ1) is 13.0. The Morgan fingerprint density at radius 3 is 2.62 bits per heavy atom. The maximum Gasteiger partial charge on any atom is 0.325 e. The van der Waals surface area contributed by atoms with Crippen molar-refractivity contribution in [1.29, 1.82) is 0 Å². The van der Waals surface area contributed by atoms with Gasteiger partial charge in [0.05, 0.1) is 6.10 Å². The van der Waals surface area contributed by atoms with Gasteiger partial charge in [-0.05, 0) is 32.6 Å². The molecule has 0 aromatic carbocycles. The van der Waals surface area contributed by atoms with Gasteiger partial charge < -0.3 is 15.2 Å². The van der Waals surface area contributed by atoms with Crippen LogP contribution in [0.5, 0.6) is 0 Å².